The van der Waals surface area contributed by atoms with E-state index < -0.39 is 10.1 Å². The predicted octanol–water partition coefficient (Wildman–Crippen LogP) is -0.795. The molecule has 0 unspecified atom stereocenters. The number of nitrogens with two attached hydrogens (primary N) is 1. The molecule has 0 aliphatic heterocycles. The molecule has 3 N–H and O–H groups in total. The van der Waals surface area contributed by atoms with Crippen LogP contribution < -0.4 is 11.3 Å². The van der Waals surface area contributed by atoms with E-state index in [2.05, 4.69) is 9.61 Å². The molecule has 0 aliphatic rings. The van der Waals surface area contributed by atoms with Crippen LogP contribution in [0.1, 0.15) is 13.8 Å². The largest absolute Gasteiger partial charge is 0.271 e. The van der Waals surface area contributed by atoms with Gasteiger partial charge in [-0.05, 0) is 13.8 Å². The highest BCUT2D eigenvalue weighted by atomic mass is 32.2. The van der Waals surface area contributed by atoms with Crippen LogP contribution in [0.15, 0.2) is 0 Å². The van der Waals surface area contributed by atoms with E-state index >= 15 is 0 Å². The Balaban J connectivity index is 3.82. The molecular weight excluding hydrogens is 168 g/mol. The lowest BCUT2D eigenvalue weighted by Crippen LogP contribution is -2.30. The first-order valence-corrected chi connectivity index (χ1v) is 4.90. The molecule has 0 rings (SSSR count). The third-order valence-electron chi connectivity index (χ3n) is 0.835. The van der Waals surface area contributed by atoms with Gasteiger partial charge in [0.15, 0.2) is 0 Å². The zero-order valence-electron chi connectivity index (χ0n) is 6.70. The minimum Gasteiger partial charge on any atom is -0.271 e. The topological polar surface area (TPSA) is 81.4 Å². The van der Waals surface area contributed by atoms with Gasteiger partial charge in [0, 0.05) is 6.54 Å². The van der Waals surface area contributed by atoms with E-state index in [0.717, 1.165) is 0 Å². The number of rotatable bonds is 5. The van der Waals surface area contributed by atoms with Crippen LogP contribution in [-0.2, 0) is 14.3 Å². The molecule has 0 fully saturated rings. The summed E-state index contributed by atoms with van der Waals surface area (Å²) in [6.45, 7) is 3.52. The maximum absolute atomic E-state index is 10.9. The molecule has 0 aliphatic carbocycles. The first-order chi connectivity index (χ1) is 4.98. The second-order valence-electron chi connectivity index (χ2n) is 2.36. The van der Waals surface area contributed by atoms with Crippen molar-refractivity contribution in [3.63, 3.8) is 0 Å². The van der Waals surface area contributed by atoms with E-state index in [1.165, 1.54) is 0 Å². The smallest absolute Gasteiger partial charge is 0.268 e. The molecule has 0 aromatic heterocycles. The van der Waals surface area contributed by atoms with Crippen LogP contribution >= 0.6 is 0 Å². The maximum atomic E-state index is 10.9. The molecule has 0 heterocycles. The Morgan fingerprint density at radius 1 is 1.55 bits per heavy atom. The fourth-order valence-corrected chi connectivity index (χ4v) is 1.58. The highest BCUT2D eigenvalue weighted by molar-refractivity contribution is 7.86. The van der Waals surface area contributed by atoms with Gasteiger partial charge in [-0.2, -0.15) is 8.42 Å². The van der Waals surface area contributed by atoms with Gasteiger partial charge in [-0.15, -0.1) is 0 Å². The Morgan fingerprint density at radius 2 is 2.09 bits per heavy atom. The summed E-state index contributed by atoms with van der Waals surface area (Å²) >= 11 is 0. The molecule has 0 saturated carbocycles. The molecule has 0 amide bonds. The van der Waals surface area contributed by atoms with Crippen molar-refractivity contribution in [2.24, 2.45) is 5.84 Å². The molecule has 0 radical (unpaired) electrons. The van der Waals surface area contributed by atoms with Crippen LogP contribution in [0, 0.1) is 0 Å². The van der Waals surface area contributed by atoms with Crippen molar-refractivity contribution < 1.29 is 12.6 Å². The summed E-state index contributed by atoms with van der Waals surface area (Å²) in [7, 11) is -3.39. The molecule has 11 heavy (non-hydrogen) atoms. The maximum Gasteiger partial charge on any atom is 0.268 e. The van der Waals surface area contributed by atoms with Gasteiger partial charge in [-0.25, -0.2) is 0 Å². The van der Waals surface area contributed by atoms with Gasteiger partial charge in [0.2, 0.25) is 0 Å². The molecule has 5 nitrogen and oxygen atoms in total. The summed E-state index contributed by atoms with van der Waals surface area (Å²) in [4.78, 5) is 0. The minimum absolute atomic E-state index is 0.0956. The standard InChI is InChI=1S/C5H14N2O3S/c1-5(2)10-11(8,9)4-3-7-6/h5,7H,3-4,6H2,1-2H3. The second kappa shape index (κ2) is 4.66. The third kappa shape index (κ3) is 6.24. The average Bonchev–Trinajstić information content (AvgIpc) is 1.81. The van der Waals surface area contributed by atoms with Gasteiger partial charge < -0.3 is 0 Å². The fraction of sp³-hybridized carbons (Fsp3) is 1.00. The predicted molar refractivity (Wildman–Crippen MR) is 42.2 cm³/mol. The van der Waals surface area contributed by atoms with Crippen molar-refractivity contribution in [2.45, 2.75) is 20.0 Å². The second-order valence-corrected chi connectivity index (χ2v) is 4.08. The van der Waals surface area contributed by atoms with E-state index in [0.29, 0.717) is 0 Å². The number of hydrogen-bond acceptors (Lipinski definition) is 5. The van der Waals surface area contributed by atoms with E-state index in [4.69, 9.17) is 5.84 Å². The highest BCUT2D eigenvalue weighted by Crippen LogP contribution is 1.97. The van der Waals surface area contributed by atoms with Gasteiger partial charge >= 0.3 is 0 Å². The molecule has 0 spiro atoms. The lowest BCUT2D eigenvalue weighted by molar-refractivity contribution is 0.249. The van der Waals surface area contributed by atoms with Crippen LogP contribution in [0.5, 0.6) is 0 Å². The Morgan fingerprint density at radius 3 is 2.45 bits per heavy atom. The number of hydrazine groups is 1. The van der Waals surface area contributed by atoms with Gasteiger partial charge in [-0.3, -0.25) is 15.5 Å². The van der Waals surface area contributed by atoms with Gasteiger partial charge in [0.1, 0.15) is 0 Å². The van der Waals surface area contributed by atoms with Gasteiger partial charge in [0.25, 0.3) is 10.1 Å². The van der Waals surface area contributed by atoms with Crippen LogP contribution in [0.4, 0.5) is 0 Å². The van der Waals surface area contributed by atoms with E-state index in [9.17, 15) is 8.42 Å². The van der Waals surface area contributed by atoms with E-state index in [-0.39, 0.29) is 18.4 Å². The molecule has 0 saturated heterocycles. The summed E-state index contributed by atoms with van der Waals surface area (Å²) < 4.78 is 26.4. The van der Waals surface area contributed by atoms with Crippen LogP contribution in [0.2, 0.25) is 0 Å². The average molecular weight is 182 g/mol. The van der Waals surface area contributed by atoms with Crippen molar-refractivity contribution >= 4 is 10.1 Å². The summed E-state index contributed by atoms with van der Waals surface area (Å²) in [5.74, 6) is 4.80. The van der Waals surface area contributed by atoms with E-state index in [1.807, 2.05) is 0 Å². The van der Waals surface area contributed by atoms with Crippen LogP contribution in [0.25, 0.3) is 0 Å². The Hall–Kier alpha value is -0.170. The summed E-state index contributed by atoms with van der Waals surface area (Å²) in [6, 6.07) is 0. The van der Waals surface area contributed by atoms with Crippen molar-refractivity contribution in [1.29, 1.82) is 0 Å². The van der Waals surface area contributed by atoms with Crippen molar-refractivity contribution in [1.82, 2.24) is 5.43 Å². The van der Waals surface area contributed by atoms with Crippen LogP contribution in [0.3, 0.4) is 0 Å². The molecule has 0 aromatic carbocycles. The minimum atomic E-state index is -3.39. The molecule has 0 aromatic rings. The first kappa shape index (κ1) is 10.8. The lowest BCUT2D eigenvalue weighted by atomic mass is 10.5. The van der Waals surface area contributed by atoms with Crippen molar-refractivity contribution in [3.05, 3.63) is 0 Å². The Bertz CT molecular complexity index is 188. The van der Waals surface area contributed by atoms with Gasteiger partial charge in [-0.1, -0.05) is 0 Å². The molecule has 0 atom stereocenters. The summed E-state index contributed by atoms with van der Waals surface area (Å²) in [5, 5.41) is 0. The highest BCUT2D eigenvalue weighted by Gasteiger charge is 2.11. The Labute approximate surface area is 67.0 Å². The molecule has 6 heteroatoms. The SMILES string of the molecule is CC(C)OS(=O)(=O)CCNN. The summed E-state index contributed by atoms with van der Waals surface area (Å²) in [5.41, 5.74) is 2.24. The van der Waals surface area contributed by atoms with Gasteiger partial charge in [0.05, 0.1) is 11.9 Å². The van der Waals surface area contributed by atoms with Crippen molar-refractivity contribution in [3.8, 4) is 0 Å². The number of hydrogen-bond donors (Lipinski definition) is 2. The number of nitrogens with one attached hydrogen (secondary N) is 1. The van der Waals surface area contributed by atoms with Crippen LogP contribution in [-0.4, -0.2) is 26.8 Å². The van der Waals surface area contributed by atoms with Crippen molar-refractivity contribution in [2.75, 3.05) is 12.3 Å². The first-order valence-electron chi connectivity index (χ1n) is 3.32. The monoisotopic (exact) mass is 182 g/mol. The third-order valence-corrected chi connectivity index (χ3v) is 2.22. The zero-order chi connectivity index (χ0) is 8.91. The normalized spacial score (nSPS) is 12.4. The van der Waals surface area contributed by atoms with E-state index in [1.54, 1.807) is 13.8 Å². The Kier molecular flexibility index (Phi) is 4.58. The lowest BCUT2D eigenvalue weighted by Gasteiger charge is -2.06. The molecular formula is C5H14N2O3S. The molecule has 68 valence electrons. The summed E-state index contributed by atoms with van der Waals surface area (Å²) in [6.07, 6.45) is -0.308. The quantitative estimate of drug-likeness (QED) is 0.330. The zero-order valence-corrected chi connectivity index (χ0v) is 7.52. The molecule has 0 bridgehead atoms. The fourth-order valence-electron chi connectivity index (χ4n) is 0.525.